The zero-order valence-electron chi connectivity index (χ0n) is 13.4. The Kier molecular flexibility index (Phi) is 5.80. The highest BCUT2D eigenvalue weighted by molar-refractivity contribution is 5.02. The maximum atomic E-state index is 10.5. The van der Waals surface area contributed by atoms with Crippen molar-refractivity contribution in [1.29, 1.82) is 0 Å². The van der Waals surface area contributed by atoms with Gasteiger partial charge in [-0.2, -0.15) is 0 Å². The van der Waals surface area contributed by atoms with Crippen LogP contribution in [0.1, 0.15) is 41.5 Å². The Hall–Kier alpha value is -0.160. The fourth-order valence-electron chi connectivity index (χ4n) is 2.99. The van der Waals surface area contributed by atoms with Gasteiger partial charge in [-0.3, -0.25) is 0 Å². The van der Waals surface area contributed by atoms with Gasteiger partial charge in [0.15, 0.2) is 0 Å². The van der Waals surface area contributed by atoms with Crippen LogP contribution in [0.25, 0.3) is 0 Å². The summed E-state index contributed by atoms with van der Waals surface area (Å²) in [5, 5.41) is 10.5. The van der Waals surface area contributed by atoms with Gasteiger partial charge >= 0.3 is 0 Å². The third-order valence-corrected chi connectivity index (χ3v) is 4.17. The van der Waals surface area contributed by atoms with Crippen LogP contribution in [-0.4, -0.2) is 60.2 Å². The van der Waals surface area contributed by atoms with Gasteiger partial charge in [0.1, 0.15) is 0 Å². The molecule has 19 heavy (non-hydrogen) atoms. The van der Waals surface area contributed by atoms with Gasteiger partial charge < -0.3 is 19.5 Å². The van der Waals surface area contributed by atoms with Gasteiger partial charge in [-0.1, -0.05) is 6.92 Å². The van der Waals surface area contributed by atoms with Gasteiger partial charge in [-0.25, -0.2) is 0 Å². The Bertz CT molecular complexity index is 279. The minimum Gasteiger partial charge on any atom is -0.390 e. The molecule has 0 saturated carbocycles. The van der Waals surface area contributed by atoms with Crippen molar-refractivity contribution in [3.63, 3.8) is 0 Å². The summed E-state index contributed by atoms with van der Waals surface area (Å²) in [6.45, 7) is 16.5. The molecule has 1 rings (SSSR count). The van der Waals surface area contributed by atoms with Crippen LogP contribution in [0.3, 0.4) is 0 Å². The van der Waals surface area contributed by atoms with E-state index in [0.29, 0.717) is 0 Å². The van der Waals surface area contributed by atoms with Crippen LogP contribution in [0, 0.1) is 5.92 Å². The van der Waals surface area contributed by atoms with Crippen molar-refractivity contribution in [3.05, 3.63) is 0 Å². The molecule has 1 aliphatic rings. The maximum Gasteiger partial charge on any atom is 0.0896 e. The molecule has 1 aliphatic heterocycles. The summed E-state index contributed by atoms with van der Waals surface area (Å²) in [7, 11) is 0. The Morgan fingerprint density at radius 3 is 2.21 bits per heavy atom. The zero-order valence-corrected chi connectivity index (χ0v) is 13.4. The average Bonchev–Trinajstić information content (AvgIpc) is 2.45. The molecule has 0 aromatic rings. The smallest absolute Gasteiger partial charge is 0.0896 e. The van der Waals surface area contributed by atoms with Crippen LogP contribution in [-0.2, 0) is 9.47 Å². The van der Waals surface area contributed by atoms with Gasteiger partial charge in [0.2, 0.25) is 0 Å². The van der Waals surface area contributed by atoms with E-state index in [1.54, 1.807) is 0 Å². The van der Waals surface area contributed by atoms with Gasteiger partial charge in [0.05, 0.1) is 23.9 Å². The monoisotopic (exact) mass is 273 g/mol. The third-order valence-electron chi connectivity index (χ3n) is 4.17. The largest absolute Gasteiger partial charge is 0.390 e. The van der Waals surface area contributed by atoms with Crippen molar-refractivity contribution in [2.24, 2.45) is 5.92 Å². The maximum absolute atomic E-state index is 10.5. The van der Waals surface area contributed by atoms with Crippen molar-refractivity contribution >= 4 is 0 Å². The highest BCUT2D eigenvalue weighted by Gasteiger charge is 2.53. The van der Waals surface area contributed by atoms with E-state index in [0.717, 1.165) is 32.8 Å². The number of hydrogen-bond acceptors (Lipinski definition) is 4. The summed E-state index contributed by atoms with van der Waals surface area (Å²) in [6.07, 6.45) is -0.427. The van der Waals surface area contributed by atoms with Crippen LogP contribution in [0.2, 0.25) is 0 Å². The van der Waals surface area contributed by atoms with Crippen LogP contribution >= 0.6 is 0 Å². The SMILES string of the molecule is CCOCCN(CC)CC1C(O)C(C)(C)OC1(C)C. The van der Waals surface area contributed by atoms with Crippen molar-refractivity contribution in [3.8, 4) is 0 Å². The van der Waals surface area contributed by atoms with Crippen molar-refractivity contribution < 1.29 is 14.6 Å². The number of hydrogen-bond donors (Lipinski definition) is 1. The predicted molar refractivity (Wildman–Crippen MR) is 77.3 cm³/mol. The quantitative estimate of drug-likeness (QED) is 0.720. The zero-order chi connectivity index (χ0) is 14.7. The summed E-state index contributed by atoms with van der Waals surface area (Å²) in [4.78, 5) is 2.33. The van der Waals surface area contributed by atoms with E-state index in [2.05, 4.69) is 25.7 Å². The molecule has 4 heteroatoms. The van der Waals surface area contributed by atoms with Crippen LogP contribution in [0.5, 0.6) is 0 Å². The molecule has 1 fully saturated rings. The highest BCUT2D eigenvalue weighted by atomic mass is 16.5. The van der Waals surface area contributed by atoms with E-state index in [9.17, 15) is 5.11 Å². The Balaban J connectivity index is 2.62. The Morgan fingerprint density at radius 2 is 1.79 bits per heavy atom. The minimum absolute atomic E-state index is 0.129. The molecule has 114 valence electrons. The molecule has 0 amide bonds. The number of aliphatic hydroxyl groups excluding tert-OH is 1. The third kappa shape index (κ3) is 4.15. The standard InChI is InChI=1S/C15H31NO3/c1-7-16(9-10-18-8-2)11-12-13(17)15(5,6)19-14(12,3)4/h12-13,17H,7-11H2,1-6H3. The first-order valence-corrected chi connectivity index (χ1v) is 7.43. The lowest BCUT2D eigenvalue weighted by Gasteiger charge is -2.32. The fourth-order valence-corrected chi connectivity index (χ4v) is 2.99. The van der Waals surface area contributed by atoms with E-state index in [1.165, 1.54) is 0 Å². The lowest BCUT2D eigenvalue weighted by atomic mass is 9.84. The molecular weight excluding hydrogens is 242 g/mol. The van der Waals surface area contributed by atoms with Gasteiger partial charge in [-0.05, 0) is 41.2 Å². The summed E-state index contributed by atoms with van der Waals surface area (Å²) >= 11 is 0. The lowest BCUT2D eigenvalue weighted by molar-refractivity contribution is -0.0914. The molecule has 1 heterocycles. The number of rotatable bonds is 7. The Morgan fingerprint density at radius 1 is 1.16 bits per heavy atom. The fraction of sp³-hybridized carbons (Fsp3) is 1.00. The first kappa shape index (κ1) is 16.9. The minimum atomic E-state index is -0.465. The first-order valence-electron chi connectivity index (χ1n) is 7.43. The van der Waals surface area contributed by atoms with Crippen LogP contribution in [0.15, 0.2) is 0 Å². The molecule has 0 aromatic carbocycles. The number of likely N-dealkylation sites (N-methyl/N-ethyl adjacent to an activating group) is 1. The molecule has 0 radical (unpaired) electrons. The van der Waals surface area contributed by atoms with Gasteiger partial charge in [0, 0.05) is 25.6 Å². The van der Waals surface area contributed by atoms with E-state index in [-0.39, 0.29) is 11.5 Å². The molecule has 1 N–H and O–H groups in total. The molecule has 0 bridgehead atoms. The van der Waals surface area contributed by atoms with Crippen molar-refractivity contribution in [2.45, 2.75) is 58.8 Å². The van der Waals surface area contributed by atoms with Crippen molar-refractivity contribution in [1.82, 2.24) is 4.90 Å². The summed E-state index contributed by atoms with van der Waals surface area (Å²) in [5.41, 5.74) is -0.755. The normalized spacial score (nSPS) is 29.1. The molecule has 0 spiro atoms. The second-order valence-corrected chi connectivity index (χ2v) is 6.45. The van der Waals surface area contributed by atoms with Crippen molar-refractivity contribution in [2.75, 3.05) is 32.8 Å². The van der Waals surface area contributed by atoms with E-state index < -0.39 is 11.7 Å². The molecule has 0 aromatic heterocycles. The second-order valence-electron chi connectivity index (χ2n) is 6.45. The topological polar surface area (TPSA) is 41.9 Å². The van der Waals surface area contributed by atoms with Crippen LogP contribution < -0.4 is 0 Å². The molecular formula is C15H31NO3. The summed E-state index contributed by atoms with van der Waals surface area (Å²) in [5.74, 6) is 0.129. The van der Waals surface area contributed by atoms with E-state index >= 15 is 0 Å². The number of ether oxygens (including phenoxy) is 2. The van der Waals surface area contributed by atoms with E-state index in [4.69, 9.17) is 9.47 Å². The summed E-state index contributed by atoms with van der Waals surface area (Å²) in [6, 6.07) is 0. The summed E-state index contributed by atoms with van der Waals surface area (Å²) < 4.78 is 11.4. The Labute approximate surface area is 118 Å². The number of nitrogens with zero attached hydrogens (tertiary/aromatic N) is 1. The van der Waals surface area contributed by atoms with Gasteiger partial charge in [0.25, 0.3) is 0 Å². The number of aliphatic hydroxyl groups is 1. The second kappa shape index (κ2) is 6.53. The van der Waals surface area contributed by atoms with E-state index in [1.807, 2.05) is 20.8 Å². The predicted octanol–water partition coefficient (Wildman–Crippen LogP) is 1.91. The molecule has 1 saturated heterocycles. The molecule has 2 unspecified atom stereocenters. The molecule has 0 aliphatic carbocycles. The van der Waals surface area contributed by atoms with Gasteiger partial charge in [-0.15, -0.1) is 0 Å². The highest BCUT2D eigenvalue weighted by Crippen LogP contribution is 2.42. The molecule has 2 atom stereocenters. The first-order chi connectivity index (χ1) is 8.74. The van der Waals surface area contributed by atoms with Crippen LogP contribution in [0.4, 0.5) is 0 Å². The molecule has 4 nitrogen and oxygen atoms in total. The lowest BCUT2D eigenvalue weighted by Crippen LogP contribution is -2.44. The average molecular weight is 273 g/mol.